The summed E-state index contributed by atoms with van der Waals surface area (Å²) in [5, 5.41) is 1.25. The van der Waals surface area contributed by atoms with Gasteiger partial charge in [-0.2, -0.15) is 0 Å². The summed E-state index contributed by atoms with van der Waals surface area (Å²) >= 11 is 12.8. The average molecular weight is 310 g/mol. The third-order valence-electron chi connectivity index (χ3n) is 4.78. The highest BCUT2D eigenvalue weighted by Gasteiger charge is 2.44. The standard InChI is InChI=1S/C17H21Cl2N/c1-16(2,3)10-9-11(18)14(19)15-13(10)17(4)8-6-5-7-12(17)20-15/h9H,5-8H2,1-4H3. The summed E-state index contributed by atoms with van der Waals surface area (Å²) in [4.78, 5) is 4.88. The van der Waals surface area contributed by atoms with Crippen molar-refractivity contribution in [3.05, 3.63) is 27.2 Å². The molecule has 0 radical (unpaired) electrons. The number of hydrogen-bond donors (Lipinski definition) is 0. The summed E-state index contributed by atoms with van der Waals surface area (Å²) in [6, 6.07) is 2.06. The third kappa shape index (κ3) is 1.94. The molecule has 2 aliphatic rings. The van der Waals surface area contributed by atoms with Gasteiger partial charge in [-0.05, 0) is 41.9 Å². The number of rotatable bonds is 0. The van der Waals surface area contributed by atoms with Crippen LogP contribution < -0.4 is 0 Å². The zero-order valence-electron chi connectivity index (χ0n) is 12.6. The molecule has 1 aliphatic heterocycles. The van der Waals surface area contributed by atoms with E-state index < -0.39 is 0 Å². The van der Waals surface area contributed by atoms with Crippen LogP contribution in [0.1, 0.15) is 64.5 Å². The Labute approximate surface area is 131 Å². The second-order valence-electron chi connectivity index (χ2n) is 7.29. The molecule has 1 atom stereocenters. The van der Waals surface area contributed by atoms with Crippen LogP contribution in [0.2, 0.25) is 10.0 Å². The molecule has 0 bridgehead atoms. The van der Waals surface area contributed by atoms with E-state index in [-0.39, 0.29) is 10.8 Å². The number of fused-ring (bicyclic) bond motifs is 3. The highest BCUT2D eigenvalue weighted by molar-refractivity contribution is 6.44. The zero-order chi connectivity index (χ0) is 14.7. The van der Waals surface area contributed by atoms with Crippen LogP contribution in [0.25, 0.3) is 0 Å². The highest BCUT2D eigenvalue weighted by Crippen LogP contribution is 2.54. The maximum Gasteiger partial charge on any atom is 0.0875 e. The number of halogens is 2. The molecule has 0 N–H and O–H groups in total. The first-order valence-corrected chi connectivity index (χ1v) is 8.12. The minimum Gasteiger partial charge on any atom is -0.255 e. The van der Waals surface area contributed by atoms with Gasteiger partial charge in [0.05, 0.1) is 15.7 Å². The van der Waals surface area contributed by atoms with E-state index in [1.807, 2.05) is 0 Å². The second-order valence-corrected chi connectivity index (χ2v) is 8.08. The Morgan fingerprint density at radius 2 is 1.90 bits per heavy atom. The van der Waals surface area contributed by atoms with Gasteiger partial charge in [-0.3, -0.25) is 4.99 Å². The van der Waals surface area contributed by atoms with E-state index in [9.17, 15) is 0 Å². The molecule has 108 valence electrons. The predicted molar refractivity (Wildman–Crippen MR) is 88.1 cm³/mol. The summed E-state index contributed by atoms with van der Waals surface area (Å²) in [6.45, 7) is 9.03. The van der Waals surface area contributed by atoms with Gasteiger partial charge >= 0.3 is 0 Å². The van der Waals surface area contributed by atoms with Crippen LogP contribution in [0.5, 0.6) is 0 Å². The van der Waals surface area contributed by atoms with E-state index in [0.29, 0.717) is 10.0 Å². The first-order chi connectivity index (χ1) is 9.25. The summed E-state index contributed by atoms with van der Waals surface area (Å²) in [6.07, 6.45) is 4.75. The van der Waals surface area contributed by atoms with Crippen LogP contribution in [-0.2, 0) is 10.8 Å². The Balaban J connectivity index is 2.33. The normalized spacial score (nSPS) is 25.2. The van der Waals surface area contributed by atoms with Crippen LogP contribution in [0.4, 0.5) is 5.69 Å². The first kappa shape index (κ1) is 14.4. The van der Waals surface area contributed by atoms with Crippen molar-refractivity contribution in [3.63, 3.8) is 0 Å². The SMILES string of the molecule is CC(C)(C)c1cc(Cl)c(Cl)c2c1C1(C)CCCCC1=N2. The fraction of sp³-hybridized carbons (Fsp3) is 0.588. The molecular weight excluding hydrogens is 289 g/mol. The molecule has 1 heterocycles. The van der Waals surface area contributed by atoms with Gasteiger partial charge in [0.2, 0.25) is 0 Å². The molecule has 1 aliphatic carbocycles. The number of aliphatic imine (C=N–C) groups is 1. The lowest BCUT2D eigenvalue weighted by atomic mass is 9.66. The summed E-state index contributed by atoms with van der Waals surface area (Å²) in [7, 11) is 0. The number of nitrogens with zero attached hydrogens (tertiary/aromatic N) is 1. The van der Waals surface area contributed by atoms with Crippen molar-refractivity contribution >= 4 is 34.6 Å². The molecule has 3 rings (SSSR count). The average Bonchev–Trinajstić information content (AvgIpc) is 2.66. The Morgan fingerprint density at radius 1 is 1.20 bits per heavy atom. The summed E-state index contributed by atoms with van der Waals surface area (Å²) < 4.78 is 0. The van der Waals surface area contributed by atoms with Crippen molar-refractivity contribution in [1.29, 1.82) is 0 Å². The molecule has 1 aromatic rings. The largest absolute Gasteiger partial charge is 0.255 e. The van der Waals surface area contributed by atoms with Crippen LogP contribution >= 0.6 is 23.2 Å². The van der Waals surface area contributed by atoms with Crippen molar-refractivity contribution < 1.29 is 0 Å². The number of hydrogen-bond acceptors (Lipinski definition) is 1. The molecule has 0 amide bonds. The minimum absolute atomic E-state index is 0.0454. The Kier molecular flexibility index (Phi) is 3.23. The Morgan fingerprint density at radius 3 is 2.55 bits per heavy atom. The van der Waals surface area contributed by atoms with Crippen molar-refractivity contribution in [2.24, 2.45) is 4.99 Å². The van der Waals surface area contributed by atoms with E-state index in [4.69, 9.17) is 28.2 Å². The van der Waals surface area contributed by atoms with Gasteiger partial charge in [-0.1, -0.05) is 57.3 Å². The van der Waals surface area contributed by atoms with Crippen LogP contribution in [0.15, 0.2) is 11.1 Å². The van der Waals surface area contributed by atoms with Gasteiger partial charge in [0, 0.05) is 11.1 Å². The molecule has 0 spiro atoms. The second kappa shape index (κ2) is 4.48. The smallest absolute Gasteiger partial charge is 0.0875 e. The molecule has 3 heteroatoms. The van der Waals surface area contributed by atoms with Crippen molar-refractivity contribution in [1.82, 2.24) is 0 Å². The summed E-state index contributed by atoms with van der Waals surface area (Å²) in [5.41, 5.74) is 4.96. The monoisotopic (exact) mass is 309 g/mol. The molecule has 1 unspecified atom stereocenters. The molecule has 0 saturated heterocycles. The quantitative estimate of drug-likeness (QED) is 0.540. The van der Waals surface area contributed by atoms with Gasteiger partial charge in [0.15, 0.2) is 0 Å². The van der Waals surface area contributed by atoms with Gasteiger partial charge in [0.25, 0.3) is 0 Å². The molecule has 1 aromatic carbocycles. The Hall–Kier alpha value is -0.530. The maximum atomic E-state index is 6.45. The van der Waals surface area contributed by atoms with Crippen LogP contribution in [0.3, 0.4) is 0 Å². The summed E-state index contributed by atoms with van der Waals surface area (Å²) in [5.74, 6) is 0. The minimum atomic E-state index is 0.0454. The topological polar surface area (TPSA) is 12.4 Å². The fourth-order valence-corrected chi connectivity index (χ4v) is 4.03. The lowest BCUT2D eigenvalue weighted by Crippen LogP contribution is -2.35. The van der Waals surface area contributed by atoms with Crippen molar-refractivity contribution in [3.8, 4) is 0 Å². The Bertz CT molecular complexity index is 610. The third-order valence-corrected chi connectivity index (χ3v) is 5.56. The molecule has 1 nitrogen and oxygen atoms in total. The van der Waals surface area contributed by atoms with Gasteiger partial charge in [-0.25, -0.2) is 0 Å². The van der Waals surface area contributed by atoms with E-state index in [1.54, 1.807) is 0 Å². The van der Waals surface area contributed by atoms with Gasteiger partial charge in [-0.15, -0.1) is 0 Å². The zero-order valence-corrected chi connectivity index (χ0v) is 14.1. The van der Waals surface area contributed by atoms with Gasteiger partial charge in [0.1, 0.15) is 0 Å². The highest BCUT2D eigenvalue weighted by atomic mass is 35.5. The van der Waals surface area contributed by atoms with Crippen LogP contribution in [0, 0.1) is 0 Å². The molecule has 1 saturated carbocycles. The van der Waals surface area contributed by atoms with Gasteiger partial charge < -0.3 is 0 Å². The van der Waals surface area contributed by atoms with E-state index in [1.165, 1.54) is 36.1 Å². The first-order valence-electron chi connectivity index (χ1n) is 7.36. The molecular formula is C17H21Cl2N. The molecule has 20 heavy (non-hydrogen) atoms. The lowest BCUT2D eigenvalue weighted by molar-refractivity contribution is 0.481. The molecule has 0 aromatic heterocycles. The van der Waals surface area contributed by atoms with E-state index in [2.05, 4.69) is 33.8 Å². The predicted octanol–water partition coefficient (Wildman–Crippen LogP) is 6.21. The van der Waals surface area contributed by atoms with E-state index >= 15 is 0 Å². The van der Waals surface area contributed by atoms with E-state index in [0.717, 1.165) is 12.1 Å². The van der Waals surface area contributed by atoms with Crippen molar-refractivity contribution in [2.75, 3.05) is 0 Å². The van der Waals surface area contributed by atoms with Crippen LogP contribution in [-0.4, -0.2) is 5.71 Å². The number of benzene rings is 1. The molecule has 1 fully saturated rings. The maximum absolute atomic E-state index is 6.45. The fourth-order valence-electron chi connectivity index (χ4n) is 3.64. The van der Waals surface area contributed by atoms with Crippen molar-refractivity contribution in [2.45, 2.75) is 64.2 Å². The lowest BCUT2D eigenvalue weighted by Gasteiger charge is -2.36.